The minimum absolute atomic E-state index is 0.497. The molecule has 0 aromatic rings. The fourth-order valence-corrected chi connectivity index (χ4v) is 2.42. The molecule has 0 fully saturated rings. The molecular formula is C17H27N5O11. The highest BCUT2D eigenvalue weighted by Crippen LogP contribution is 2.04. The van der Waals surface area contributed by atoms with E-state index in [9.17, 15) is 38.7 Å². The molecule has 33 heavy (non-hydrogen) atoms. The Labute approximate surface area is 186 Å². The summed E-state index contributed by atoms with van der Waals surface area (Å²) in [5, 5.41) is 42.3. The molecule has 0 aromatic heterocycles. The number of aliphatic hydroxyl groups excluding tert-OH is 1. The lowest BCUT2D eigenvalue weighted by molar-refractivity contribution is -0.146. The van der Waals surface area contributed by atoms with Crippen molar-refractivity contribution in [3.63, 3.8) is 0 Å². The largest absolute Gasteiger partial charge is 0.481 e. The highest BCUT2D eigenvalue weighted by atomic mass is 16.4. The molecule has 5 unspecified atom stereocenters. The molecule has 5 atom stereocenters. The summed E-state index contributed by atoms with van der Waals surface area (Å²) >= 11 is 0. The average molecular weight is 477 g/mol. The number of nitrogens with one attached hydrogen (secondary N) is 3. The molecule has 0 saturated carbocycles. The molecule has 0 heterocycles. The van der Waals surface area contributed by atoms with Gasteiger partial charge in [0.1, 0.15) is 12.1 Å². The van der Waals surface area contributed by atoms with E-state index in [1.54, 1.807) is 0 Å². The van der Waals surface area contributed by atoms with Crippen molar-refractivity contribution >= 4 is 41.5 Å². The van der Waals surface area contributed by atoms with E-state index in [4.69, 9.17) is 26.8 Å². The number of carbonyl (C=O) groups is 7. The maximum atomic E-state index is 12.6. The van der Waals surface area contributed by atoms with Crippen LogP contribution in [0.1, 0.15) is 32.6 Å². The van der Waals surface area contributed by atoms with Crippen LogP contribution in [0.4, 0.5) is 0 Å². The smallest absolute Gasteiger partial charge is 0.328 e. The zero-order chi connectivity index (χ0) is 25.9. The first-order valence-corrected chi connectivity index (χ1v) is 9.45. The lowest BCUT2D eigenvalue weighted by Gasteiger charge is -2.25. The van der Waals surface area contributed by atoms with Crippen LogP contribution in [0.25, 0.3) is 0 Å². The molecule has 0 spiro atoms. The molecule has 4 amide bonds. The van der Waals surface area contributed by atoms with E-state index in [1.165, 1.54) is 0 Å². The highest BCUT2D eigenvalue weighted by Gasteiger charge is 2.33. The predicted octanol–water partition coefficient (Wildman–Crippen LogP) is -4.55. The van der Waals surface area contributed by atoms with Crippen molar-refractivity contribution in [2.45, 2.75) is 62.9 Å². The minimum atomic E-state index is -1.85. The van der Waals surface area contributed by atoms with Crippen LogP contribution in [0.5, 0.6) is 0 Å². The molecule has 0 bridgehead atoms. The van der Waals surface area contributed by atoms with Crippen molar-refractivity contribution in [2.75, 3.05) is 0 Å². The maximum Gasteiger partial charge on any atom is 0.328 e. The number of aliphatic carboxylic acids is 3. The van der Waals surface area contributed by atoms with Gasteiger partial charge in [-0.15, -0.1) is 0 Å². The van der Waals surface area contributed by atoms with Gasteiger partial charge in [-0.25, -0.2) is 4.79 Å². The lowest BCUT2D eigenvalue weighted by Crippen LogP contribution is -2.58. The van der Waals surface area contributed by atoms with Gasteiger partial charge in [0, 0.05) is 6.42 Å². The second kappa shape index (κ2) is 13.6. The summed E-state index contributed by atoms with van der Waals surface area (Å²) in [5.74, 6) is -8.95. The SMILES string of the molecule is CC(O)C(NC(=O)C(CC(=O)O)NC(=O)C(CCC(=O)O)NC(=O)C(N)CC(N)=O)C(=O)O. The molecule has 0 aliphatic carbocycles. The number of carboxylic acid groups (broad SMARTS) is 3. The number of hydrogen-bond donors (Lipinski definition) is 9. The molecular weight excluding hydrogens is 450 g/mol. The normalized spacial score (nSPS) is 15.1. The monoisotopic (exact) mass is 477 g/mol. The fourth-order valence-electron chi connectivity index (χ4n) is 2.42. The molecule has 16 nitrogen and oxygen atoms in total. The van der Waals surface area contributed by atoms with Gasteiger partial charge in [-0.2, -0.15) is 0 Å². The van der Waals surface area contributed by atoms with Gasteiger partial charge in [0.05, 0.1) is 25.0 Å². The van der Waals surface area contributed by atoms with E-state index in [-0.39, 0.29) is 0 Å². The Balaban J connectivity index is 5.60. The fraction of sp³-hybridized carbons (Fsp3) is 0.588. The van der Waals surface area contributed by atoms with Crippen LogP contribution in [-0.2, 0) is 33.6 Å². The van der Waals surface area contributed by atoms with Gasteiger partial charge in [0.25, 0.3) is 0 Å². The Morgan fingerprint density at radius 2 is 1.30 bits per heavy atom. The molecule has 0 saturated heterocycles. The van der Waals surface area contributed by atoms with E-state index in [2.05, 4.69) is 5.32 Å². The topological polar surface area (TPSA) is 289 Å². The Morgan fingerprint density at radius 3 is 1.73 bits per heavy atom. The van der Waals surface area contributed by atoms with Crippen LogP contribution >= 0.6 is 0 Å². The van der Waals surface area contributed by atoms with Gasteiger partial charge >= 0.3 is 17.9 Å². The number of amides is 4. The van der Waals surface area contributed by atoms with E-state index in [1.807, 2.05) is 10.6 Å². The minimum Gasteiger partial charge on any atom is -0.481 e. The number of rotatable bonds is 15. The Bertz CT molecular complexity index is 785. The summed E-state index contributed by atoms with van der Waals surface area (Å²) in [7, 11) is 0. The van der Waals surface area contributed by atoms with Crippen LogP contribution in [0.2, 0.25) is 0 Å². The summed E-state index contributed by atoms with van der Waals surface area (Å²) in [6, 6.07) is -6.74. The van der Waals surface area contributed by atoms with Crippen LogP contribution in [0, 0.1) is 0 Å². The second-order valence-corrected chi connectivity index (χ2v) is 6.99. The van der Waals surface area contributed by atoms with Crippen molar-refractivity contribution in [3.05, 3.63) is 0 Å². The molecule has 0 aliphatic heterocycles. The van der Waals surface area contributed by atoms with Crippen molar-refractivity contribution < 1.29 is 54.0 Å². The van der Waals surface area contributed by atoms with E-state index in [0.717, 1.165) is 6.92 Å². The number of aliphatic hydroxyl groups is 1. The lowest BCUT2D eigenvalue weighted by atomic mass is 10.1. The standard InChI is InChI=1S/C17H27N5O11/c1-6(23)13(17(32)33)22-16(31)9(5-12(27)28)21-15(30)8(2-3-11(25)26)20-14(29)7(18)4-10(19)24/h6-9,13,23H,2-5,18H2,1H3,(H2,19,24)(H,20,29)(H,21,30)(H,22,31)(H,25,26)(H,27,28)(H,32,33). The average Bonchev–Trinajstić information content (AvgIpc) is 2.66. The summed E-state index contributed by atoms with van der Waals surface area (Å²) in [4.78, 5) is 81.0. The summed E-state index contributed by atoms with van der Waals surface area (Å²) in [6.45, 7) is 1.05. The van der Waals surface area contributed by atoms with Crippen molar-refractivity contribution in [1.29, 1.82) is 0 Å². The highest BCUT2D eigenvalue weighted by molar-refractivity contribution is 5.96. The Hall–Kier alpha value is -3.79. The van der Waals surface area contributed by atoms with E-state index < -0.39 is 97.5 Å². The third-order valence-corrected chi connectivity index (χ3v) is 4.10. The first-order valence-electron chi connectivity index (χ1n) is 9.45. The van der Waals surface area contributed by atoms with E-state index in [0.29, 0.717) is 0 Å². The molecule has 0 aromatic carbocycles. The molecule has 186 valence electrons. The molecule has 0 rings (SSSR count). The Morgan fingerprint density at radius 1 is 0.788 bits per heavy atom. The molecule has 0 radical (unpaired) electrons. The van der Waals surface area contributed by atoms with E-state index >= 15 is 0 Å². The second-order valence-electron chi connectivity index (χ2n) is 6.99. The maximum absolute atomic E-state index is 12.6. The zero-order valence-electron chi connectivity index (χ0n) is 17.5. The van der Waals surface area contributed by atoms with Crippen molar-refractivity contribution in [1.82, 2.24) is 16.0 Å². The Kier molecular flexibility index (Phi) is 12.0. The van der Waals surface area contributed by atoms with Crippen LogP contribution in [0.15, 0.2) is 0 Å². The van der Waals surface area contributed by atoms with Gasteiger partial charge in [0.15, 0.2) is 6.04 Å². The molecule has 16 heteroatoms. The van der Waals surface area contributed by atoms with Gasteiger partial charge in [-0.1, -0.05) is 0 Å². The third kappa shape index (κ3) is 11.4. The first-order chi connectivity index (χ1) is 15.1. The number of carbonyl (C=O) groups excluding carboxylic acids is 4. The predicted molar refractivity (Wildman–Crippen MR) is 106 cm³/mol. The number of nitrogens with two attached hydrogens (primary N) is 2. The number of primary amides is 1. The molecule has 0 aliphatic rings. The number of hydrogen-bond acceptors (Lipinski definition) is 9. The third-order valence-electron chi connectivity index (χ3n) is 4.10. The van der Waals surface area contributed by atoms with Gasteiger partial charge in [-0.05, 0) is 13.3 Å². The van der Waals surface area contributed by atoms with Crippen molar-refractivity contribution in [3.8, 4) is 0 Å². The van der Waals surface area contributed by atoms with Crippen LogP contribution in [-0.4, -0.2) is 92.2 Å². The first kappa shape index (κ1) is 29.2. The summed E-state index contributed by atoms with van der Waals surface area (Å²) in [6.07, 6.45) is -4.28. The van der Waals surface area contributed by atoms with Gasteiger partial charge in [-0.3, -0.25) is 28.8 Å². The van der Waals surface area contributed by atoms with Gasteiger partial charge in [0.2, 0.25) is 23.6 Å². The van der Waals surface area contributed by atoms with Crippen molar-refractivity contribution in [2.24, 2.45) is 11.5 Å². The van der Waals surface area contributed by atoms with Gasteiger partial charge < -0.3 is 47.8 Å². The molecule has 11 N–H and O–H groups in total. The summed E-state index contributed by atoms with van der Waals surface area (Å²) < 4.78 is 0. The zero-order valence-corrected chi connectivity index (χ0v) is 17.5. The van der Waals surface area contributed by atoms with Crippen LogP contribution < -0.4 is 27.4 Å². The summed E-state index contributed by atoms with van der Waals surface area (Å²) in [5.41, 5.74) is 10.4. The van der Waals surface area contributed by atoms with Crippen LogP contribution in [0.3, 0.4) is 0 Å². The quantitative estimate of drug-likeness (QED) is 0.108. The number of carboxylic acids is 3.